The van der Waals surface area contributed by atoms with Gasteiger partial charge in [0.15, 0.2) is 5.11 Å². The first-order valence-electron chi connectivity index (χ1n) is 8.08. The molecule has 25 heavy (non-hydrogen) atoms. The van der Waals surface area contributed by atoms with E-state index < -0.39 is 0 Å². The first-order chi connectivity index (χ1) is 12.0. The Hall–Kier alpha value is -2.12. The maximum Gasteiger partial charge on any atom is 0.341 e. The molecule has 3 rings (SSSR count). The van der Waals surface area contributed by atoms with Crippen LogP contribution in [0.5, 0.6) is 0 Å². The zero-order chi connectivity index (χ0) is 18.0. The Balaban J connectivity index is 1.74. The van der Waals surface area contributed by atoms with Crippen molar-refractivity contribution in [1.82, 2.24) is 0 Å². The number of carbonyl (C=O) groups is 1. The highest BCUT2D eigenvalue weighted by molar-refractivity contribution is 7.80. The van der Waals surface area contributed by atoms with E-state index in [-0.39, 0.29) is 5.97 Å². The second kappa shape index (κ2) is 7.41. The summed E-state index contributed by atoms with van der Waals surface area (Å²) in [4.78, 5) is 15.5. The van der Waals surface area contributed by atoms with E-state index in [1.54, 1.807) is 11.3 Å². The van der Waals surface area contributed by atoms with E-state index in [1.165, 1.54) is 12.0 Å². The van der Waals surface area contributed by atoms with Gasteiger partial charge in [0.2, 0.25) is 0 Å². The standard InChI is InChI=1S/C18H21N3O2S2/c1-21(2)12-9-7-11(8-10-12)19-18(24)20-16-15(17(22)23-3)13-5-4-6-14(13)25-16/h7-10H,4-6H2,1-3H3,(H2,19,20,24). The highest BCUT2D eigenvalue weighted by atomic mass is 32.1. The molecule has 0 fully saturated rings. The van der Waals surface area contributed by atoms with Crippen molar-refractivity contribution in [1.29, 1.82) is 0 Å². The molecular formula is C18H21N3O2S2. The van der Waals surface area contributed by atoms with E-state index in [2.05, 4.69) is 10.6 Å². The second-order valence-corrected chi connectivity index (χ2v) is 7.59. The summed E-state index contributed by atoms with van der Waals surface area (Å²) < 4.78 is 4.96. The van der Waals surface area contributed by atoms with Gasteiger partial charge in [-0.1, -0.05) is 0 Å². The van der Waals surface area contributed by atoms with Crippen LogP contribution in [0.2, 0.25) is 0 Å². The van der Waals surface area contributed by atoms with Crippen LogP contribution in [0.4, 0.5) is 16.4 Å². The van der Waals surface area contributed by atoms with Gasteiger partial charge in [0.05, 0.1) is 12.7 Å². The largest absolute Gasteiger partial charge is 0.465 e. The number of fused-ring (bicyclic) bond motifs is 1. The van der Waals surface area contributed by atoms with Crippen LogP contribution >= 0.6 is 23.6 Å². The van der Waals surface area contributed by atoms with E-state index in [0.717, 1.165) is 41.2 Å². The number of thiophene rings is 1. The van der Waals surface area contributed by atoms with Crippen LogP contribution in [0.15, 0.2) is 24.3 Å². The first-order valence-corrected chi connectivity index (χ1v) is 9.30. The van der Waals surface area contributed by atoms with Gasteiger partial charge >= 0.3 is 5.97 Å². The van der Waals surface area contributed by atoms with Crippen molar-refractivity contribution < 1.29 is 9.53 Å². The van der Waals surface area contributed by atoms with Gasteiger partial charge in [-0.3, -0.25) is 0 Å². The maximum absolute atomic E-state index is 12.2. The molecule has 0 spiro atoms. The molecule has 0 saturated carbocycles. The second-order valence-electron chi connectivity index (χ2n) is 6.07. The van der Waals surface area contributed by atoms with E-state index in [0.29, 0.717) is 10.7 Å². The molecule has 0 unspecified atom stereocenters. The van der Waals surface area contributed by atoms with Gasteiger partial charge in [-0.05, 0) is 61.3 Å². The van der Waals surface area contributed by atoms with Crippen molar-refractivity contribution in [3.05, 3.63) is 40.3 Å². The lowest BCUT2D eigenvalue weighted by Gasteiger charge is -2.14. The number of rotatable bonds is 4. The number of hydrogen-bond acceptors (Lipinski definition) is 5. The quantitative estimate of drug-likeness (QED) is 0.624. The number of nitrogens with zero attached hydrogens (tertiary/aromatic N) is 1. The predicted molar refractivity (Wildman–Crippen MR) is 108 cm³/mol. The summed E-state index contributed by atoms with van der Waals surface area (Å²) in [6.45, 7) is 0. The van der Waals surface area contributed by atoms with Crippen molar-refractivity contribution in [2.45, 2.75) is 19.3 Å². The lowest BCUT2D eigenvalue weighted by Crippen LogP contribution is -2.20. The SMILES string of the molecule is COC(=O)c1c(NC(=S)Nc2ccc(N(C)C)cc2)sc2c1CCC2. The molecule has 0 radical (unpaired) electrons. The molecule has 7 heteroatoms. The van der Waals surface area contributed by atoms with Crippen LogP contribution in [0, 0.1) is 0 Å². The number of anilines is 3. The molecule has 2 N–H and O–H groups in total. The van der Waals surface area contributed by atoms with Gasteiger partial charge in [0.25, 0.3) is 0 Å². The number of ether oxygens (including phenoxy) is 1. The number of aryl methyl sites for hydroxylation is 1. The first kappa shape index (κ1) is 17.7. The topological polar surface area (TPSA) is 53.6 Å². The summed E-state index contributed by atoms with van der Waals surface area (Å²) in [6, 6.07) is 7.98. The fourth-order valence-corrected chi connectivity index (χ4v) is 4.49. The van der Waals surface area contributed by atoms with Crippen molar-refractivity contribution in [2.75, 3.05) is 36.7 Å². The number of thiocarbonyl (C=S) groups is 1. The van der Waals surface area contributed by atoms with E-state index in [9.17, 15) is 4.79 Å². The average molecular weight is 376 g/mol. The normalized spacial score (nSPS) is 12.4. The van der Waals surface area contributed by atoms with Crippen LogP contribution in [-0.2, 0) is 17.6 Å². The number of hydrogen-bond donors (Lipinski definition) is 2. The molecular weight excluding hydrogens is 354 g/mol. The third kappa shape index (κ3) is 3.77. The fraction of sp³-hybridized carbons (Fsp3) is 0.333. The van der Waals surface area contributed by atoms with Crippen molar-refractivity contribution in [3.8, 4) is 0 Å². The summed E-state index contributed by atoms with van der Waals surface area (Å²) in [6.07, 6.45) is 3.02. The Labute approximate surface area is 157 Å². The zero-order valence-electron chi connectivity index (χ0n) is 14.5. The Kier molecular flexibility index (Phi) is 5.24. The van der Waals surface area contributed by atoms with Crippen LogP contribution in [0.1, 0.15) is 27.2 Å². The van der Waals surface area contributed by atoms with Gasteiger partial charge in [-0.15, -0.1) is 11.3 Å². The molecule has 132 valence electrons. The summed E-state index contributed by atoms with van der Waals surface area (Å²) in [5.41, 5.74) is 3.75. The van der Waals surface area contributed by atoms with E-state index in [4.69, 9.17) is 17.0 Å². The third-order valence-electron chi connectivity index (χ3n) is 4.18. The number of carbonyl (C=O) groups excluding carboxylic acids is 1. The summed E-state index contributed by atoms with van der Waals surface area (Å²) in [5, 5.41) is 7.55. The number of esters is 1. The molecule has 1 aromatic heterocycles. The molecule has 1 aliphatic carbocycles. The Bertz CT molecular complexity index is 797. The lowest BCUT2D eigenvalue weighted by molar-refractivity contribution is 0.0601. The van der Waals surface area contributed by atoms with Gasteiger partial charge in [0, 0.05) is 30.3 Å². The molecule has 5 nitrogen and oxygen atoms in total. The molecule has 2 aromatic rings. The van der Waals surface area contributed by atoms with Crippen molar-refractivity contribution in [2.24, 2.45) is 0 Å². The Morgan fingerprint density at radius 3 is 2.56 bits per heavy atom. The average Bonchev–Trinajstić information content (AvgIpc) is 3.15. The smallest absolute Gasteiger partial charge is 0.341 e. The molecule has 1 aromatic carbocycles. The minimum Gasteiger partial charge on any atom is -0.465 e. The molecule has 0 amide bonds. The minimum atomic E-state index is -0.306. The van der Waals surface area contributed by atoms with Crippen LogP contribution in [0.3, 0.4) is 0 Å². The Morgan fingerprint density at radius 1 is 1.20 bits per heavy atom. The van der Waals surface area contributed by atoms with E-state index in [1.807, 2.05) is 43.3 Å². The maximum atomic E-state index is 12.2. The predicted octanol–water partition coefficient (Wildman–Crippen LogP) is 3.90. The van der Waals surface area contributed by atoms with Gasteiger partial charge in [0.1, 0.15) is 5.00 Å². The van der Waals surface area contributed by atoms with Gasteiger partial charge in [-0.2, -0.15) is 0 Å². The Morgan fingerprint density at radius 2 is 1.92 bits per heavy atom. The number of methoxy groups -OCH3 is 1. The minimum absolute atomic E-state index is 0.306. The number of nitrogens with one attached hydrogen (secondary N) is 2. The summed E-state index contributed by atoms with van der Waals surface area (Å²) in [7, 11) is 5.41. The molecule has 0 saturated heterocycles. The number of benzene rings is 1. The van der Waals surface area contributed by atoms with Crippen molar-refractivity contribution in [3.63, 3.8) is 0 Å². The molecule has 1 heterocycles. The monoisotopic (exact) mass is 375 g/mol. The molecule has 1 aliphatic rings. The van der Waals surface area contributed by atoms with Crippen molar-refractivity contribution >= 4 is 51.0 Å². The lowest BCUT2D eigenvalue weighted by atomic mass is 10.1. The summed E-state index contributed by atoms with van der Waals surface area (Å²) in [5.74, 6) is -0.306. The summed E-state index contributed by atoms with van der Waals surface area (Å²) >= 11 is 7.01. The van der Waals surface area contributed by atoms with Crippen LogP contribution < -0.4 is 15.5 Å². The van der Waals surface area contributed by atoms with Crippen LogP contribution in [-0.4, -0.2) is 32.3 Å². The molecule has 0 aliphatic heterocycles. The van der Waals surface area contributed by atoms with Gasteiger partial charge < -0.3 is 20.3 Å². The highest BCUT2D eigenvalue weighted by Gasteiger charge is 2.27. The highest BCUT2D eigenvalue weighted by Crippen LogP contribution is 2.39. The molecule has 0 atom stereocenters. The zero-order valence-corrected chi connectivity index (χ0v) is 16.1. The van der Waals surface area contributed by atoms with Gasteiger partial charge in [-0.25, -0.2) is 4.79 Å². The van der Waals surface area contributed by atoms with Crippen LogP contribution in [0.25, 0.3) is 0 Å². The third-order valence-corrected chi connectivity index (χ3v) is 5.59. The fourth-order valence-electron chi connectivity index (χ4n) is 2.92. The molecule has 0 bridgehead atoms. The van der Waals surface area contributed by atoms with E-state index >= 15 is 0 Å².